The maximum atomic E-state index is 12.9. The van der Waals surface area contributed by atoms with E-state index in [1.807, 2.05) is 12.3 Å². The molecule has 4 bridgehead atoms. The third-order valence-electron chi connectivity index (χ3n) is 9.27. The first-order valence-corrected chi connectivity index (χ1v) is 13.7. The number of aromatic nitrogens is 4. The van der Waals surface area contributed by atoms with Crippen LogP contribution < -0.4 is 10.6 Å². The number of fused-ring (bicyclic) bond motifs is 1. The Labute approximate surface area is 219 Å². The molecule has 11 heteroatoms. The number of likely N-dealkylation sites (tertiary alicyclic amines) is 1. The van der Waals surface area contributed by atoms with E-state index in [2.05, 4.69) is 30.7 Å². The number of nitrogens with one attached hydrogen (secondary N) is 3. The summed E-state index contributed by atoms with van der Waals surface area (Å²) in [4.78, 5) is 38.4. The van der Waals surface area contributed by atoms with Crippen LogP contribution in [0.15, 0.2) is 23.0 Å². The summed E-state index contributed by atoms with van der Waals surface area (Å²) in [7, 11) is 0. The van der Waals surface area contributed by atoms with Crippen LogP contribution in [0.1, 0.15) is 62.5 Å². The molecule has 2 amide bonds. The van der Waals surface area contributed by atoms with Gasteiger partial charge in [0.1, 0.15) is 5.65 Å². The molecule has 3 aromatic heterocycles. The average molecular weight is 520 g/mol. The molecule has 5 atom stereocenters. The first-order valence-electron chi connectivity index (χ1n) is 13.7. The number of piperidine rings is 1. The Bertz CT molecular complexity index is 1370. The number of H-pyrrole nitrogens is 1. The molecule has 5 aliphatic rings. The molecular weight excluding hydrogens is 486 g/mol. The van der Waals surface area contributed by atoms with Gasteiger partial charge in [-0.2, -0.15) is 4.98 Å². The number of carbonyl (C=O) groups is 2. The fraction of sp³-hybridized carbons (Fsp3) is 0.593. The van der Waals surface area contributed by atoms with Crippen molar-refractivity contribution in [3.63, 3.8) is 0 Å². The van der Waals surface area contributed by atoms with E-state index in [4.69, 9.17) is 4.52 Å². The number of aliphatic hydroxyl groups is 1. The van der Waals surface area contributed by atoms with Gasteiger partial charge in [0.25, 0.3) is 17.6 Å². The van der Waals surface area contributed by atoms with Crippen molar-refractivity contribution < 1.29 is 19.2 Å². The minimum atomic E-state index is -0.503. The lowest BCUT2D eigenvalue weighted by Gasteiger charge is -2.58. The van der Waals surface area contributed by atoms with Crippen LogP contribution in [-0.2, 0) is 4.79 Å². The second-order valence-corrected chi connectivity index (χ2v) is 11.8. The van der Waals surface area contributed by atoms with Gasteiger partial charge in [-0.3, -0.25) is 9.59 Å². The summed E-state index contributed by atoms with van der Waals surface area (Å²) in [5.41, 5.74) is 1.78. The highest BCUT2D eigenvalue weighted by Gasteiger charge is 2.54. The summed E-state index contributed by atoms with van der Waals surface area (Å²) in [6, 6.07) is 2.19. The zero-order valence-electron chi connectivity index (χ0n) is 21.4. The SMILES string of the molecule is CC(=O)N1CCC(NC(=O)c2noc(-c3cnc4[nH]ccc4c3NC3[C@@H]4CC5C[C@H]3CC(O)(C5)C4)n2)CC1. The average Bonchev–Trinajstić information content (AvgIpc) is 3.56. The van der Waals surface area contributed by atoms with Crippen LogP contribution >= 0.6 is 0 Å². The smallest absolute Gasteiger partial charge is 0.292 e. The van der Waals surface area contributed by atoms with E-state index < -0.39 is 5.60 Å². The van der Waals surface area contributed by atoms with Gasteiger partial charge in [-0.15, -0.1) is 0 Å². The lowest BCUT2D eigenvalue weighted by molar-refractivity contribution is -0.130. The first kappa shape index (κ1) is 23.6. The van der Waals surface area contributed by atoms with Crippen LogP contribution in [0.3, 0.4) is 0 Å². The van der Waals surface area contributed by atoms with Gasteiger partial charge >= 0.3 is 0 Å². The van der Waals surface area contributed by atoms with Gasteiger partial charge in [-0.1, -0.05) is 5.16 Å². The normalized spacial score (nSPS) is 30.6. The molecular formula is C27H33N7O4. The Balaban J connectivity index is 1.13. The molecule has 0 aromatic carbocycles. The van der Waals surface area contributed by atoms with Crippen molar-refractivity contribution in [3.05, 3.63) is 24.3 Å². The number of nitrogens with zero attached hydrogens (tertiary/aromatic N) is 4. The van der Waals surface area contributed by atoms with Crippen molar-refractivity contribution in [1.82, 2.24) is 30.3 Å². The van der Waals surface area contributed by atoms with Gasteiger partial charge in [0.15, 0.2) is 0 Å². The van der Waals surface area contributed by atoms with Crippen molar-refractivity contribution in [2.45, 2.75) is 69.6 Å². The number of hydrogen-bond acceptors (Lipinski definition) is 8. The third-order valence-corrected chi connectivity index (χ3v) is 9.27. The quantitative estimate of drug-likeness (QED) is 0.402. The Hall–Kier alpha value is -3.47. The molecule has 4 heterocycles. The zero-order chi connectivity index (χ0) is 26.0. The number of pyridine rings is 1. The van der Waals surface area contributed by atoms with Crippen LogP contribution in [0.25, 0.3) is 22.5 Å². The molecule has 3 aromatic rings. The molecule has 8 rings (SSSR count). The minimum absolute atomic E-state index is 0.0223. The van der Waals surface area contributed by atoms with Crippen molar-refractivity contribution in [1.29, 1.82) is 0 Å². The fourth-order valence-corrected chi connectivity index (χ4v) is 7.72. The fourth-order valence-electron chi connectivity index (χ4n) is 7.72. The lowest BCUT2D eigenvalue weighted by Crippen LogP contribution is -2.59. The first-order chi connectivity index (χ1) is 18.3. The van der Waals surface area contributed by atoms with E-state index in [0.29, 0.717) is 49.2 Å². The Morgan fingerprint density at radius 3 is 2.66 bits per heavy atom. The van der Waals surface area contributed by atoms with Crippen molar-refractivity contribution in [2.75, 3.05) is 18.4 Å². The maximum Gasteiger partial charge on any atom is 0.292 e. The Morgan fingerprint density at radius 2 is 1.95 bits per heavy atom. The molecule has 38 heavy (non-hydrogen) atoms. The highest BCUT2D eigenvalue weighted by atomic mass is 16.5. The predicted octanol–water partition coefficient (Wildman–Crippen LogP) is 2.71. The van der Waals surface area contributed by atoms with Gasteiger partial charge in [-0.05, 0) is 68.8 Å². The molecule has 3 unspecified atom stereocenters. The number of hydrogen-bond donors (Lipinski definition) is 4. The number of anilines is 1. The van der Waals surface area contributed by atoms with Crippen molar-refractivity contribution >= 4 is 28.5 Å². The van der Waals surface area contributed by atoms with Crippen LogP contribution in [-0.4, -0.2) is 72.7 Å². The summed E-state index contributed by atoms with van der Waals surface area (Å²) in [6.07, 6.45) is 9.85. The third kappa shape index (κ3) is 4.03. The molecule has 4 aliphatic carbocycles. The number of carbonyl (C=O) groups excluding carboxylic acids is 2. The van der Waals surface area contributed by atoms with E-state index in [0.717, 1.165) is 48.8 Å². The van der Waals surface area contributed by atoms with Gasteiger partial charge < -0.3 is 30.1 Å². The van der Waals surface area contributed by atoms with E-state index >= 15 is 0 Å². The van der Waals surface area contributed by atoms with Crippen LogP contribution in [0, 0.1) is 17.8 Å². The minimum Gasteiger partial charge on any atom is -0.390 e. The maximum absolute atomic E-state index is 12.9. The largest absolute Gasteiger partial charge is 0.390 e. The van der Waals surface area contributed by atoms with Crippen LogP contribution in [0.2, 0.25) is 0 Å². The van der Waals surface area contributed by atoms with E-state index in [1.54, 1.807) is 18.0 Å². The molecule has 0 spiro atoms. The summed E-state index contributed by atoms with van der Waals surface area (Å²) in [5, 5.41) is 22.7. The molecule has 0 radical (unpaired) electrons. The summed E-state index contributed by atoms with van der Waals surface area (Å²) < 4.78 is 5.59. The summed E-state index contributed by atoms with van der Waals surface area (Å²) in [6.45, 7) is 2.81. The van der Waals surface area contributed by atoms with Crippen LogP contribution in [0.5, 0.6) is 0 Å². The molecule has 4 saturated carbocycles. The second-order valence-electron chi connectivity index (χ2n) is 11.8. The molecule has 1 saturated heterocycles. The number of aromatic amines is 1. The van der Waals surface area contributed by atoms with E-state index in [9.17, 15) is 14.7 Å². The number of amides is 2. The summed E-state index contributed by atoms with van der Waals surface area (Å²) in [5.74, 6) is 1.33. The van der Waals surface area contributed by atoms with Gasteiger partial charge in [-0.25, -0.2) is 4.98 Å². The Morgan fingerprint density at radius 1 is 1.18 bits per heavy atom. The standard InChI is InChI=1S/C27H33N7O4/c1-14(35)34-6-3-18(4-7-34)30-25(36)24-32-26(38-33-24)20-13-29-23-19(2-5-28-23)22(20)31-21-16-8-15-9-17(21)12-27(37,10-15)11-16/h2,5,13,15-18,21,37H,3-4,6-12H2,1H3,(H,30,36)(H2,28,29,31)/t15?,16-,17+,21?,27?. The lowest BCUT2D eigenvalue weighted by atomic mass is 9.52. The second kappa shape index (κ2) is 8.79. The van der Waals surface area contributed by atoms with Crippen molar-refractivity contribution in [2.24, 2.45) is 17.8 Å². The predicted molar refractivity (Wildman–Crippen MR) is 138 cm³/mol. The topological polar surface area (TPSA) is 149 Å². The zero-order valence-corrected chi connectivity index (χ0v) is 21.4. The highest BCUT2D eigenvalue weighted by molar-refractivity contribution is 5.97. The van der Waals surface area contributed by atoms with E-state index in [-0.39, 0.29) is 35.6 Å². The number of rotatable bonds is 5. The molecule has 1 aliphatic heterocycles. The van der Waals surface area contributed by atoms with Crippen molar-refractivity contribution in [3.8, 4) is 11.5 Å². The van der Waals surface area contributed by atoms with E-state index in [1.165, 1.54) is 0 Å². The molecule has 200 valence electrons. The molecule has 11 nitrogen and oxygen atoms in total. The molecule has 4 N–H and O–H groups in total. The van der Waals surface area contributed by atoms with Gasteiger partial charge in [0.2, 0.25) is 5.91 Å². The Kier molecular flexibility index (Phi) is 5.47. The van der Waals surface area contributed by atoms with Gasteiger partial charge in [0, 0.05) is 49.9 Å². The van der Waals surface area contributed by atoms with Crippen LogP contribution in [0.4, 0.5) is 5.69 Å². The highest BCUT2D eigenvalue weighted by Crippen LogP contribution is 2.56. The van der Waals surface area contributed by atoms with Gasteiger partial charge in [0.05, 0.1) is 16.9 Å². The monoisotopic (exact) mass is 519 g/mol. The molecule has 5 fully saturated rings. The summed E-state index contributed by atoms with van der Waals surface area (Å²) >= 11 is 0.